The SMILES string of the molecule is COc1ccc(-c2c3nc(c(-c4ccc(OC)cc4)c4[nH]c(c(-c5ccc(OC)cc5)c5nc(c(-c6ccc(OC)cc6)c6[nH]c2c2c6Cc6cc(-c7ccc(C)cc7)c(-c7ccc(C)cc7)cc6C2)-c2cc6cc(-c7ccc(C)cc7)c(-c7ccc(C)cc7)cc6cc2-5)c2cc5cc(-c6ccc(C)cc6)c(-c6ccc(C)cc6)cc5cc42)-c2cc4cc(-c5ccc(C)cc5)c(-c5ccc(C)cc5)cc4cc2-3)cc1. The lowest BCUT2D eigenvalue weighted by molar-refractivity contribution is 0.415. The first-order chi connectivity index (χ1) is 70.3. The third kappa shape index (κ3) is 15.5. The zero-order chi connectivity index (χ0) is 97.6. The van der Waals surface area contributed by atoms with Crippen LogP contribution < -0.4 is 18.9 Å². The summed E-state index contributed by atoms with van der Waals surface area (Å²) in [4.78, 5) is 22.6. The fourth-order valence-electron chi connectivity index (χ4n) is 22.3. The Labute approximate surface area is 839 Å². The molecular formula is C136H104N4O4. The fourth-order valence-corrected chi connectivity index (χ4v) is 22.3. The molecule has 0 spiro atoms. The molecule has 19 aromatic carbocycles. The number of hydrogen-bond donors (Lipinski definition) is 2. The van der Waals surface area contributed by atoms with Crippen LogP contribution in [0.1, 0.15) is 66.8 Å². The lowest BCUT2D eigenvalue weighted by Crippen LogP contribution is -2.07. The monoisotopic (exact) mass is 1860 g/mol. The van der Waals surface area contributed by atoms with E-state index in [1.807, 2.05) is 0 Å². The highest BCUT2D eigenvalue weighted by Crippen LogP contribution is 2.57. The molecule has 144 heavy (non-hydrogen) atoms. The van der Waals surface area contributed by atoms with Gasteiger partial charge in [0.05, 0.1) is 73.3 Å². The van der Waals surface area contributed by atoms with Gasteiger partial charge in [0.1, 0.15) is 23.0 Å². The van der Waals surface area contributed by atoms with Gasteiger partial charge in [-0.3, -0.25) is 0 Å². The Kier molecular flexibility index (Phi) is 21.6. The third-order valence-corrected chi connectivity index (χ3v) is 30.3. The number of benzene rings is 19. The van der Waals surface area contributed by atoms with Gasteiger partial charge in [-0.05, 0) is 355 Å². The minimum absolute atomic E-state index is 0.549. The van der Waals surface area contributed by atoms with E-state index >= 15 is 0 Å². The number of hydrogen-bond acceptors (Lipinski definition) is 6. The number of rotatable bonds is 16. The zero-order valence-electron chi connectivity index (χ0n) is 82.7. The number of nitrogens with zero attached hydrogens (tertiary/aromatic N) is 2. The summed E-state index contributed by atoms with van der Waals surface area (Å²) in [6.07, 6.45) is 1.10. The van der Waals surface area contributed by atoms with Crippen LogP contribution in [0.25, 0.3) is 244 Å². The van der Waals surface area contributed by atoms with Gasteiger partial charge in [0, 0.05) is 68.1 Å². The summed E-state index contributed by atoms with van der Waals surface area (Å²) in [7, 11) is 7.01. The van der Waals surface area contributed by atoms with Crippen molar-refractivity contribution >= 4 is 65.2 Å². The predicted molar refractivity (Wildman–Crippen MR) is 601 cm³/mol. The Morgan fingerprint density at radius 3 is 0.549 bits per heavy atom. The third-order valence-electron chi connectivity index (χ3n) is 30.3. The standard InChI is InChI=1S/C136H104N4O4/c1-77-13-29-85(30-14-77)109-61-97-69-117-118(70-98(97)62-110(109)86-31-15-78(2)16-32-86)130-126(94-47-55-106(142-10)56-48-94)132-121-73-101-65-113(89-37-21-81(5)22-38-89)114(90-39-23-82(6)24-40-90)66-102(101)74-122(121)134(139-132)128(96-51-59-108(144-12)60-52-96)136-124-76-104-68-116(92-43-27-84(8)28-44-92)115(91-41-25-83(7)26-42-91)67-103(104)75-123(124)135(140-136)127(95-49-57-107(143-11)58-50-95)133-120-72-100-64-112(88-35-19-80(4)20-36-88)111(87-33-17-79(3)18-34-87)63-99(100)71-119(120)131(138-133)125(129(117)137-130)93-45-53-105(141-9)54-46-93/h13-74,137,140H,75-76H2,1-12H3. The molecule has 25 rings (SSSR count). The van der Waals surface area contributed by atoms with Gasteiger partial charge in [-0.1, -0.05) is 287 Å². The molecule has 0 fully saturated rings. The van der Waals surface area contributed by atoms with Crippen LogP contribution in [-0.4, -0.2) is 48.4 Å². The van der Waals surface area contributed by atoms with E-state index in [1.54, 1.807) is 28.4 Å². The Hall–Kier alpha value is -17.5. The predicted octanol–water partition coefficient (Wildman–Crippen LogP) is 35.6. The molecule has 2 aromatic heterocycles. The highest BCUT2D eigenvalue weighted by molar-refractivity contribution is 6.24. The number of H-pyrrole nitrogens is 2. The Bertz CT molecular complexity index is 8650. The quantitative estimate of drug-likeness (QED) is 0.100. The number of ether oxygens (including phenoxy) is 4. The van der Waals surface area contributed by atoms with Gasteiger partial charge in [-0.2, -0.15) is 0 Å². The van der Waals surface area contributed by atoms with Crippen LogP contribution in [0.4, 0.5) is 0 Å². The van der Waals surface area contributed by atoms with Crippen LogP contribution in [0.2, 0.25) is 0 Å². The average Bonchev–Trinajstić information content (AvgIpc) is 1.54. The van der Waals surface area contributed by atoms with Crippen molar-refractivity contribution in [3.05, 3.63) is 443 Å². The van der Waals surface area contributed by atoms with E-state index in [-0.39, 0.29) is 0 Å². The van der Waals surface area contributed by atoms with Crippen molar-refractivity contribution in [2.75, 3.05) is 28.4 Å². The van der Waals surface area contributed by atoms with Crippen molar-refractivity contribution in [2.45, 2.75) is 68.2 Å². The molecule has 4 heterocycles. The average molecular weight is 1860 g/mol. The minimum Gasteiger partial charge on any atom is -0.497 e. The lowest BCUT2D eigenvalue weighted by atomic mass is 9.80. The summed E-state index contributed by atoms with van der Waals surface area (Å²) < 4.78 is 24.9. The summed E-state index contributed by atoms with van der Waals surface area (Å²) in [6, 6.07) is 141. The largest absolute Gasteiger partial charge is 0.497 e. The zero-order valence-corrected chi connectivity index (χ0v) is 82.7. The number of nitrogens with one attached hydrogen (secondary N) is 2. The van der Waals surface area contributed by atoms with Crippen LogP contribution in [0.3, 0.4) is 0 Å². The van der Waals surface area contributed by atoms with E-state index in [0.29, 0.717) is 12.8 Å². The minimum atomic E-state index is 0.549. The van der Waals surface area contributed by atoms with Gasteiger partial charge in [-0.25, -0.2) is 9.97 Å². The summed E-state index contributed by atoms with van der Waals surface area (Å²) in [5, 5.41) is 8.33. The second-order valence-corrected chi connectivity index (χ2v) is 39.6. The van der Waals surface area contributed by atoms with Gasteiger partial charge in [0.2, 0.25) is 0 Å². The fraction of sp³-hybridized carbons (Fsp3) is 0.103. The van der Waals surface area contributed by atoms with Crippen molar-refractivity contribution in [1.82, 2.24) is 19.9 Å². The van der Waals surface area contributed by atoms with E-state index in [1.165, 1.54) is 66.8 Å². The molecule has 8 bridgehead atoms. The van der Waals surface area contributed by atoms with E-state index < -0.39 is 0 Å². The first-order valence-corrected chi connectivity index (χ1v) is 49.7. The normalized spacial score (nSPS) is 12.0. The Morgan fingerprint density at radius 1 is 0.181 bits per heavy atom. The lowest BCUT2D eigenvalue weighted by Gasteiger charge is -2.23. The highest BCUT2D eigenvalue weighted by Gasteiger charge is 2.36. The molecule has 8 heteroatoms. The first kappa shape index (κ1) is 88.0. The maximum absolute atomic E-state index is 6.69. The van der Waals surface area contributed by atoms with Gasteiger partial charge in [0.25, 0.3) is 0 Å². The summed E-state index contributed by atoms with van der Waals surface area (Å²) in [5.74, 6) is 2.91. The van der Waals surface area contributed by atoms with Gasteiger partial charge < -0.3 is 28.9 Å². The Balaban J connectivity index is 0.935. The molecule has 2 aliphatic carbocycles. The van der Waals surface area contributed by atoms with Gasteiger partial charge >= 0.3 is 0 Å². The van der Waals surface area contributed by atoms with Crippen molar-refractivity contribution in [3.8, 4) is 202 Å². The summed E-state index contributed by atoms with van der Waals surface area (Å²) >= 11 is 0. The van der Waals surface area contributed by atoms with Crippen LogP contribution in [0.15, 0.2) is 376 Å². The topological polar surface area (TPSA) is 94.3 Å². The number of aryl methyl sites for hydroxylation is 8. The van der Waals surface area contributed by atoms with Crippen molar-refractivity contribution in [1.29, 1.82) is 0 Å². The van der Waals surface area contributed by atoms with E-state index in [0.717, 1.165) is 267 Å². The molecular weight excluding hydrogens is 1750 g/mol. The van der Waals surface area contributed by atoms with Crippen LogP contribution in [0.5, 0.6) is 23.0 Å². The van der Waals surface area contributed by atoms with Crippen molar-refractivity contribution in [2.24, 2.45) is 0 Å². The van der Waals surface area contributed by atoms with E-state index in [4.69, 9.17) is 28.9 Å². The molecule has 0 saturated carbocycles. The molecule has 8 nitrogen and oxygen atoms in total. The maximum atomic E-state index is 6.69. The van der Waals surface area contributed by atoms with Crippen LogP contribution >= 0.6 is 0 Å². The molecule has 0 saturated heterocycles. The first-order valence-electron chi connectivity index (χ1n) is 49.7. The molecule has 4 aliphatic rings. The summed E-state index contributed by atoms with van der Waals surface area (Å²) in [6.45, 7) is 17.3. The van der Waals surface area contributed by atoms with Crippen LogP contribution in [0, 0.1) is 55.4 Å². The van der Waals surface area contributed by atoms with Crippen molar-refractivity contribution in [3.63, 3.8) is 0 Å². The molecule has 0 amide bonds. The number of fused-ring (bicyclic) bond motifs is 4. The van der Waals surface area contributed by atoms with E-state index in [9.17, 15) is 0 Å². The second-order valence-electron chi connectivity index (χ2n) is 39.6. The second kappa shape index (κ2) is 35.4. The molecule has 0 atom stereocenters. The number of aromatic nitrogens is 4. The maximum Gasteiger partial charge on any atom is 0.118 e. The van der Waals surface area contributed by atoms with Crippen molar-refractivity contribution < 1.29 is 18.9 Å². The van der Waals surface area contributed by atoms with E-state index in [2.05, 4.69) is 441 Å². The molecule has 0 radical (unpaired) electrons. The molecule has 21 aromatic rings. The summed E-state index contributed by atoms with van der Waals surface area (Å²) in [5.41, 5.74) is 50.4. The molecule has 2 aliphatic heterocycles. The smallest absolute Gasteiger partial charge is 0.118 e. The van der Waals surface area contributed by atoms with Gasteiger partial charge in [0.15, 0.2) is 0 Å². The number of methoxy groups -OCH3 is 4. The molecule has 0 unspecified atom stereocenters. The Morgan fingerprint density at radius 2 is 0.347 bits per heavy atom. The molecule has 692 valence electrons. The van der Waals surface area contributed by atoms with Gasteiger partial charge in [-0.15, -0.1) is 0 Å². The highest BCUT2D eigenvalue weighted by atomic mass is 16.5. The van der Waals surface area contributed by atoms with Crippen LogP contribution in [-0.2, 0) is 12.8 Å². The number of aromatic amines is 2. The molecule has 2 N–H and O–H groups in total.